The Kier molecular flexibility index (Phi) is 3.59. The van der Waals surface area contributed by atoms with E-state index in [1.807, 2.05) is 6.21 Å². The zero-order valence-corrected chi connectivity index (χ0v) is 15.0. The van der Waals surface area contributed by atoms with Gasteiger partial charge in [-0.15, -0.1) is 15.7 Å². The minimum atomic E-state index is -4.09. The molecule has 2 N–H and O–H groups in total. The van der Waals surface area contributed by atoms with Crippen LogP contribution in [0.3, 0.4) is 0 Å². The van der Waals surface area contributed by atoms with E-state index in [1.165, 1.54) is 20.7 Å². The van der Waals surface area contributed by atoms with Crippen LogP contribution in [0.1, 0.15) is 25.7 Å². The number of hydrogen-bond acceptors (Lipinski definition) is 5. The maximum Gasteiger partial charge on any atom is 0.304 e. The second kappa shape index (κ2) is 5.43. The zero-order valence-electron chi connectivity index (χ0n) is 12.6. The summed E-state index contributed by atoms with van der Waals surface area (Å²) < 4.78 is 30.3. The van der Waals surface area contributed by atoms with Crippen molar-refractivity contribution < 1.29 is 8.42 Å². The molecule has 3 heterocycles. The third-order valence-electron chi connectivity index (χ3n) is 4.44. The van der Waals surface area contributed by atoms with Gasteiger partial charge in [-0.1, -0.05) is 24.4 Å². The smallest absolute Gasteiger partial charge is 0.304 e. The van der Waals surface area contributed by atoms with Crippen molar-refractivity contribution in [3.63, 3.8) is 0 Å². The van der Waals surface area contributed by atoms with Crippen LogP contribution < -0.4 is 5.73 Å². The van der Waals surface area contributed by atoms with Crippen LogP contribution in [0, 0.1) is 5.41 Å². The highest BCUT2D eigenvalue weighted by Gasteiger charge is 2.39. The molecule has 4 rings (SSSR count). The number of aromatic nitrogens is 2. The maximum absolute atomic E-state index is 12.6. The topological polar surface area (TPSA) is 105 Å². The van der Waals surface area contributed by atoms with E-state index in [4.69, 9.17) is 17.3 Å². The molecule has 2 aromatic heterocycles. The number of hydrogen-bond donors (Lipinski definition) is 1. The van der Waals surface area contributed by atoms with Crippen molar-refractivity contribution in [2.24, 2.45) is 20.6 Å². The normalized spacial score (nSPS) is 20.7. The summed E-state index contributed by atoms with van der Waals surface area (Å²) in [6.45, 7) is 0.561. The zero-order chi connectivity index (χ0) is 16.9. The Hall–Kier alpha value is -1.65. The van der Waals surface area contributed by atoms with Gasteiger partial charge in [0, 0.05) is 23.2 Å². The van der Waals surface area contributed by atoms with E-state index >= 15 is 0 Å². The number of fused-ring (bicyclic) bond motifs is 1. The van der Waals surface area contributed by atoms with Crippen LogP contribution in [0.15, 0.2) is 26.1 Å². The molecule has 2 aliphatic rings. The molecule has 0 atom stereocenters. The van der Waals surface area contributed by atoms with Crippen LogP contribution in [0.2, 0.25) is 5.15 Å². The predicted octanol–water partition coefficient (Wildman–Crippen LogP) is 1.91. The van der Waals surface area contributed by atoms with Crippen molar-refractivity contribution in [2.45, 2.75) is 30.7 Å². The molecule has 0 bridgehead atoms. The fraction of sp³-hybridized carbons (Fsp3) is 0.462. The summed E-state index contributed by atoms with van der Waals surface area (Å²) in [5.74, 6) is -0.156. The van der Waals surface area contributed by atoms with Gasteiger partial charge in [0.05, 0.1) is 6.54 Å². The highest BCUT2D eigenvalue weighted by molar-refractivity contribution is 7.90. The number of sulfonamides is 1. The molecule has 0 unspecified atom stereocenters. The molecule has 8 nitrogen and oxygen atoms in total. The largest absolute Gasteiger partial charge is 0.367 e. The van der Waals surface area contributed by atoms with Gasteiger partial charge in [-0.2, -0.15) is 13.5 Å². The number of nitrogens with two attached hydrogens (primary N) is 1. The van der Waals surface area contributed by atoms with Gasteiger partial charge in [0.1, 0.15) is 0 Å². The predicted molar refractivity (Wildman–Crippen MR) is 93.0 cm³/mol. The van der Waals surface area contributed by atoms with Crippen molar-refractivity contribution in [3.05, 3.63) is 16.7 Å². The molecule has 1 saturated carbocycles. The van der Waals surface area contributed by atoms with Crippen LogP contribution in [0.25, 0.3) is 4.96 Å². The molecule has 0 amide bonds. The summed E-state index contributed by atoms with van der Waals surface area (Å²) in [6, 6.07) is 0. The van der Waals surface area contributed by atoms with Crippen LogP contribution in [-0.4, -0.2) is 41.5 Å². The highest BCUT2D eigenvalue weighted by Crippen LogP contribution is 2.40. The van der Waals surface area contributed by atoms with Gasteiger partial charge in [0.15, 0.2) is 10.1 Å². The standard InChI is InChI=1S/C13H15ClN6O2S2/c14-9-10(19-5-6-23-12(19)17-9)24(21,22)18-11(15)20-8-13(7-16-20)3-1-2-4-13/h5-7H,1-4,8H2,(H2,15,18). The van der Waals surface area contributed by atoms with Crippen LogP contribution >= 0.6 is 22.9 Å². The molecule has 128 valence electrons. The lowest BCUT2D eigenvalue weighted by Crippen LogP contribution is -2.36. The molecule has 1 spiro atoms. The van der Waals surface area contributed by atoms with E-state index in [0.29, 0.717) is 11.5 Å². The maximum atomic E-state index is 12.6. The van der Waals surface area contributed by atoms with E-state index in [2.05, 4.69) is 14.5 Å². The van der Waals surface area contributed by atoms with Gasteiger partial charge in [0.2, 0.25) is 11.0 Å². The average Bonchev–Trinajstić information content (AvgIpc) is 3.24. The number of imidazole rings is 1. The van der Waals surface area contributed by atoms with Crippen LogP contribution in [0.4, 0.5) is 0 Å². The number of thiazole rings is 1. The number of rotatable bonds is 2. The number of hydrazone groups is 1. The summed E-state index contributed by atoms with van der Waals surface area (Å²) in [5.41, 5.74) is 5.90. The van der Waals surface area contributed by atoms with E-state index < -0.39 is 10.0 Å². The minimum Gasteiger partial charge on any atom is -0.367 e. The highest BCUT2D eigenvalue weighted by atomic mass is 35.5. The van der Waals surface area contributed by atoms with E-state index in [9.17, 15) is 8.42 Å². The molecule has 0 aromatic carbocycles. The molecule has 0 radical (unpaired) electrons. The van der Waals surface area contributed by atoms with Crippen molar-refractivity contribution in [3.8, 4) is 0 Å². The van der Waals surface area contributed by atoms with Crippen LogP contribution in [-0.2, 0) is 10.0 Å². The molecule has 0 saturated heterocycles. The lowest BCUT2D eigenvalue weighted by molar-refractivity contribution is 0.345. The first-order valence-corrected chi connectivity index (χ1v) is 10.1. The Morgan fingerprint density at radius 3 is 2.92 bits per heavy atom. The van der Waals surface area contributed by atoms with Gasteiger partial charge < -0.3 is 5.73 Å². The monoisotopic (exact) mass is 386 g/mol. The third-order valence-corrected chi connectivity index (χ3v) is 6.87. The van der Waals surface area contributed by atoms with Gasteiger partial charge in [-0.3, -0.25) is 4.40 Å². The quantitative estimate of drug-likeness (QED) is 0.626. The Morgan fingerprint density at radius 1 is 1.42 bits per heavy atom. The first-order chi connectivity index (χ1) is 11.4. The molecule has 24 heavy (non-hydrogen) atoms. The second-order valence-corrected chi connectivity index (χ2v) is 8.81. The van der Waals surface area contributed by atoms with Gasteiger partial charge in [-0.25, -0.2) is 9.99 Å². The Balaban J connectivity index is 1.66. The Labute approximate surface area is 147 Å². The average molecular weight is 387 g/mol. The Bertz CT molecular complexity index is 954. The Morgan fingerprint density at radius 2 is 2.17 bits per heavy atom. The molecular formula is C13H15ClN6O2S2. The molecular weight excluding hydrogens is 372 g/mol. The summed E-state index contributed by atoms with van der Waals surface area (Å²) >= 11 is 7.26. The van der Waals surface area contributed by atoms with Gasteiger partial charge >= 0.3 is 10.0 Å². The lowest BCUT2D eigenvalue weighted by Gasteiger charge is -2.21. The molecule has 11 heteroatoms. The van der Waals surface area contributed by atoms with Crippen molar-refractivity contribution in [1.82, 2.24) is 14.4 Å². The summed E-state index contributed by atoms with van der Waals surface area (Å²) in [4.78, 5) is 4.50. The number of halogens is 1. The molecule has 1 aliphatic heterocycles. The molecule has 2 aromatic rings. The minimum absolute atomic E-state index is 0.00121. The van der Waals surface area contributed by atoms with Crippen LogP contribution in [0.5, 0.6) is 0 Å². The summed E-state index contributed by atoms with van der Waals surface area (Å²) in [5, 5.41) is 7.12. The third kappa shape index (κ3) is 2.49. The van der Waals surface area contributed by atoms with Gasteiger partial charge in [-0.05, 0) is 12.8 Å². The fourth-order valence-corrected chi connectivity index (χ4v) is 5.63. The SMILES string of the molecule is N/C(=N\S(=O)(=O)c1c(Cl)nc2sccn12)N1CC2(C=N1)CCCC2. The van der Waals surface area contributed by atoms with E-state index in [-0.39, 0.29) is 21.6 Å². The van der Waals surface area contributed by atoms with Crippen molar-refractivity contribution in [2.75, 3.05) is 6.54 Å². The van der Waals surface area contributed by atoms with E-state index in [0.717, 1.165) is 25.7 Å². The molecule has 1 fully saturated rings. The first-order valence-electron chi connectivity index (χ1n) is 7.44. The second-order valence-electron chi connectivity index (χ2n) is 6.06. The van der Waals surface area contributed by atoms with Crippen molar-refractivity contribution in [1.29, 1.82) is 0 Å². The molecule has 1 aliphatic carbocycles. The lowest BCUT2D eigenvalue weighted by atomic mass is 9.89. The summed E-state index contributed by atoms with van der Waals surface area (Å²) in [6.07, 6.45) is 7.83. The fourth-order valence-electron chi connectivity index (χ4n) is 3.26. The summed E-state index contributed by atoms with van der Waals surface area (Å²) in [7, 11) is -4.09. The van der Waals surface area contributed by atoms with E-state index in [1.54, 1.807) is 11.6 Å². The first kappa shape index (κ1) is 15.9. The number of nitrogens with zero attached hydrogens (tertiary/aromatic N) is 5. The van der Waals surface area contributed by atoms with Crippen molar-refractivity contribution >= 4 is 50.1 Å². The van der Waals surface area contributed by atoms with Gasteiger partial charge in [0.25, 0.3) is 0 Å². The number of guanidine groups is 1.